The number of benzene rings is 1. The van der Waals surface area contributed by atoms with E-state index in [-0.39, 0.29) is 33.9 Å². The van der Waals surface area contributed by atoms with Gasteiger partial charge in [-0.25, -0.2) is 12.8 Å². The van der Waals surface area contributed by atoms with Crippen LogP contribution in [0.1, 0.15) is 13.8 Å². The maximum atomic E-state index is 13.5. The monoisotopic (exact) mass is 386 g/mol. The molecule has 0 aliphatic carbocycles. The smallest absolute Gasteiger partial charge is 0.243 e. The Morgan fingerprint density at radius 3 is 2.65 bits per heavy atom. The van der Waals surface area contributed by atoms with E-state index >= 15 is 0 Å². The third-order valence-corrected chi connectivity index (χ3v) is 5.82. The van der Waals surface area contributed by atoms with Gasteiger partial charge in [0.15, 0.2) is 0 Å². The Morgan fingerprint density at radius 1 is 1.40 bits per heavy atom. The summed E-state index contributed by atoms with van der Waals surface area (Å²) in [5.41, 5.74) is 0. The molecule has 114 valence electrons. The van der Waals surface area contributed by atoms with Gasteiger partial charge in [0, 0.05) is 25.2 Å². The molecule has 1 aliphatic heterocycles. The third kappa shape index (κ3) is 3.51. The van der Waals surface area contributed by atoms with E-state index in [4.69, 9.17) is 0 Å². The van der Waals surface area contributed by atoms with Gasteiger partial charge in [0.1, 0.15) is 5.82 Å². The lowest BCUT2D eigenvalue weighted by atomic mass is 10.2. The van der Waals surface area contributed by atoms with Crippen LogP contribution in [-0.2, 0) is 10.0 Å². The van der Waals surface area contributed by atoms with Crippen LogP contribution in [0.15, 0.2) is 27.6 Å². The van der Waals surface area contributed by atoms with E-state index in [1.54, 1.807) is 0 Å². The highest BCUT2D eigenvalue weighted by atomic mass is 79.9. The van der Waals surface area contributed by atoms with Crippen LogP contribution in [-0.4, -0.2) is 37.9 Å². The first kappa shape index (κ1) is 17.8. The highest BCUT2D eigenvalue weighted by Gasteiger charge is 2.33. The summed E-state index contributed by atoms with van der Waals surface area (Å²) in [6.45, 7) is 4.75. The highest BCUT2D eigenvalue weighted by Crippen LogP contribution is 2.24. The van der Waals surface area contributed by atoms with Crippen LogP contribution in [0.25, 0.3) is 0 Å². The fraction of sp³-hybridized carbons (Fsp3) is 0.500. The summed E-state index contributed by atoms with van der Waals surface area (Å²) < 4.78 is 40.2. The van der Waals surface area contributed by atoms with Crippen molar-refractivity contribution >= 4 is 38.4 Å². The summed E-state index contributed by atoms with van der Waals surface area (Å²) >= 11 is 3.02. The lowest BCUT2D eigenvalue weighted by Crippen LogP contribution is -2.56. The molecule has 0 saturated carbocycles. The lowest BCUT2D eigenvalue weighted by molar-refractivity contribution is 0.244. The van der Waals surface area contributed by atoms with E-state index < -0.39 is 15.8 Å². The first-order chi connectivity index (χ1) is 8.82. The largest absolute Gasteiger partial charge is 0.311 e. The Balaban J connectivity index is 0.00000200. The van der Waals surface area contributed by atoms with Crippen LogP contribution < -0.4 is 5.32 Å². The standard InChI is InChI=1S/C12H16BrFN2O2S.ClH/c1-8-7-16(9(2)6-15-8)19(17,18)10-3-4-11(13)12(14)5-10;/h3-5,8-9,15H,6-7H2,1-2H3;1H. The molecule has 8 heteroatoms. The minimum absolute atomic E-state index is 0. The van der Waals surface area contributed by atoms with E-state index in [1.807, 2.05) is 13.8 Å². The summed E-state index contributed by atoms with van der Waals surface area (Å²) in [6.07, 6.45) is 0. The van der Waals surface area contributed by atoms with Gasteiger partial charge in [-0.05, 0) is 48.0 Å². The van der Waals surface area contributed by atoms with E-state index in [0.29, 0.717) is 13.1 Å². The lowest BCUT2D eigenvalue weighted by Gasteiger charge is -2.36. The van der Waals surface area contributed by atoms with Crippen LogP contribution in [0.3, 0.4) is 0 Å². The molecule has 1 heterocycles. The summed E-state index contributed by atoms with van der Waals surface area (Å²) in [7, 11) is -3.65. The minimum Gasteiger partial charge on any atom is -0.311 e. The van der Waals surface area contributed by atoms with Crippen molar-refractivity contribution < 1.29 is 12.8 Å². The van der Waals surface area contributed by atoms with Crippen molar-refractivity contribution in [2.24, 2.45) is 0 Å². The number of hydrogen-bond donors (Lipinski definition) is 1. The van der Waals surface area contributed by atoms with Crippen molar-refractivity contribution in [3.63, 3.8) is 0 Å². The van der Waals surface area contributed by atoms with Crippen LogP contribution in [0.5, 0.6) is 0 Å². The van der Waals surface area contributed by atoms with Crippen molar-refractivity contribution in [1.82, 2.24) is 9.62 Å². The predicted octanol–water partition coefficient (Wildman–Crippen LogP) is 2.38. The van der Waals surface area contributed by atoms with Gasteiger partial charge in [0.05, 0.1) is 9.37 Å². The molecule has 4 nitrogen and oxygen atoms in total. The summed E-state index contributed by atoms with van der Waals surface area (Å²) in [4.78, 5) is -0.00542. The topological polar surface area (TPSA) is 49.4 Å². The molecule has 2 unspecified atom stereocenters. The average molecular weight is 388 g/mol. The molecule has 0 amide bonds. The van der Waals surface area contributed by atoms with Gasteiger partial charge >= 0.3 is 0 Å². The van der Waals surface area contributed by atoms with Crippen molar-refractivity contribution in [3.8, 4) is 0 Å². The minimum atomic E-state index is -3.65. The molecule has 0 aromatic heterocycles. The second kappa shape index (κ2) is 6.70. The molecule has 1 fully saturated rings. The molecule has 1 saturated heterocycles. The molecule has 1 aromatic rings. The van der Waals surface area contributed by atoms with Gasteiger partial charge in [-0.2, -0.15) is 4.31 Å². The van der Waals surface area contributed by atoms with Gasteiger partial charge in [-0.3, -0.25) is 0 Å². The van der Waals surface area contributed by atoms with Crippen molar-refractivity contribution in [1.29, 1.82) is 0 Å². The first-order valence-corrected chi connectivity index (χ1v) is 8.26. The molecular formula is C12H17BrClFN2O2S. The van der Waals surface area contributed by atoms with Gasteiger partial charge in [0.2, 0.25) is 10.0 Å². The van der Waals surface area contributed by atoms with E-state index in [2.05, 4.69) is 21.2 Å². The molecule has 2 atom stereocenters. The second-order valence-corrected chi connectivity index (χ2v) is 7.55. The first-order valence-electron chi connectivity index (χ1n) is 6.02. The number of piperazine rings is 1. The summed E-state index contributed by atoms with van der Waals surface area (Å²) in [5.74, 6) is -0.572. The van der Waals surface area contributed by atoms with Crippen LogP contribution in [0.2, 0.25) is 0 Å². The van der Waals surface area contributed by atoms with Crippen molar-refractivity contribution in [2.45, 2.75) is 30.8 Å². The van der Waals surface area contributed by atoms with Gasteiger partial charge in [-0.1, -0.05) is 0 Å². The zero-order valence-electron chi connectivity index (χ0n) is 11.1. The zero-order chi connectivity index (χ0) is 14.2. The molecule has 0 spiro atoms. The number of nitrogens with one attached hydrogen (secondary N) is 1. The molecule has 2 rings (SSSR count). The van der Waals surface area contributed by atoms with Gasteiger partial charge in [-0.15, -0.1) is 12.4 Å². The van der Waals surface area contributed by atoms with Crippen LogP contribution in [0.4, 0.5) is 4.39 Å². The normalized spacial score (nSPS) is 24.2. The Morgan fingerprint density at radius 2 is 2.05 bits per heavy atom. The van der Waals surface area contributed by atoms with Crippen LogP contribution >= 0.6 is 28.3 Å². The average Bonchev–Trinajstić information content (AvgIpc) is 2.35. The number of sulfonamides is 1. The fourth-order valence-corrected chi connectivity index (χ4v) is 4.07. The van der Waals surface area contributed by atoms with Crippen molar-refractivity contribution in [3.05, 3.63) is 28.5 Å². The number of nitrogens with zero attached hydrogens (tertiary/aromatic N) is 1. The molecule has 1 aliphatic rings. The van der Waals surface area contributed by atoms with E-state index in [1.165, 1.54) is 16.4 Å². The molecule has 0 bridgehead atoms. The summed E-state index contributed by atoms with van der Waals surface area (Å²) in [6, 6.07) is 3.83. The maximum absolute atomic E-state index is 13.5. The molecule has 1 N–H and O–H groups in total. The SMILES string of the molecule is CC1CN(S(=O)(=O)c2ccc(Br)c(F)c2)C(C)CN1.Cl. The summed E-state index contributed by atoms with van der Waals surface area (Å²) in [5, 5.41) is 3.22. The highest BCUT2D eigenvalue weighted by molar-refractivity contribution is 9.10. The van der Waals surface area contributed by atoms with Gasteiger partial charge < -0.3 is 5.32 Å². The van der Waals surface area contributed by atoms with Crippen molar-refractivity contribution in [2.75, 3.05) is 13.1 Å². The fourth-order valence-electron chi connectivity index (χ4n) is 2.10. The Kier molecular flexibility index (Phi) is 5.98. The Hall–Kier alpha value is -0.210. The number of hydrogen-bond acceptors (Lipinski definition) is 3. The zero-order valence-corrected chi connectivity index (χ0v) is 14.4. The predicted molar refractivity (Wildman–Crippen MR) is 82.2 cm³/mol. The van der Waals surface area contributed by atoms with E-state index in [9.17, 15) is 12.8 Å². The molecule has 20 heavy (non-hydrogen) atoms. The molecule has 0 radical (unpaired) electrons. The van der Waals surface area contributed by atoms with E-state index in [0.717, 1.165) is 6.07 Å². The number of rotatable bonds is 2. The second-order valence-electron chi connectivity index (χ2n) is 4.81. The quantitative estimate of drug-likeness (QED) is 0.847. The number of halogens is 3. The van der Waals surface area contributed by atoms with Crippen LogP contribution in [0, 0.1) is 5.82 Å². The Bertz CT molecular complexity index is 585. The van der Waals surface area contributed by atoms with Gasteiger partial charge in [0.25, 0.3) is 0 Å². The maximum Gasteiger partial charge on any atom is 0.243 e. The third-order valence-electron chi connectivity index (χ3n) is 3.20. The Labute approximate surface area is 133 Å². The molecular weight excluding hydrogens is 371 g/mol. The molecule has 1 aromatic carbocycles.